The van der Waals surface area contributed by atoms with Gasteiger partial charge in [-0.3, -0.25) is 4.79 Å². The van der Waals surface area contributed by atoms with Crippen LogP contribution in [0, 0.1) is 0 Å². The van der Waals surface area contributed by atoms with E-state index in [0.29, 0.717) is 12.8 Å². The monoisotopic (exact) mass is 362 g/mol. The molecule has 146 valence electrons. The van der Waals surface area contributed by atoms with Crippen molar-refractivity contribution in [1.29, 1.82) is 0 Å². The van der Waals surface area contributed by atoms with Gasteiger partial charge < -0.3 is 15.3 Å². The molecule has 4 heteroatoms. The molecule has 0 aliphatic heterocycles. The second-order valence-corrected chi connectivity index (χ2v) is 6.10. The third-order valence-corrected chi connectivity index (χ3v) is 3.66. The SMILES string of the molecule is CCC(O)\C=C/C=C\C=C\C(O)C/C=C\C/C=C\CCCCCC(=O)O. The number of carboxylic acids is 1. The van der Waals surface area contributed by atoms with Crippen molar-refractivity contribution >= 4 is 5.97 Å². The summed E-state index contributed by atoms with van der Waals surface area (Å²) in [5.41, 5.74) is 0. The molecule has 0 aliphatic carbocycles. The van der Waals surface area contributed by atoms with Crippen LogP contribution in [0.4, 0.5) is 0 Å². The molecule has 0 saturated heterocycles. The van der Waals surface area contributed by atoms with E-state index in [4.69, 9.17) is 5.11 Å². The molecule has 2 atom stereocenters. The van der Waals surface area contributed by atoms with Crippen molar-refractivity contribution in [2.24, 2.45) is 0 Å². The highest BCUT2D eigenvalue weighted by molar-refractivity contribution is 5.66. The molecular weight excluding hydrogens is 328 g/mol. The number of carboxylic acid groups (broad SMARTS) is 1. The van der Waals surface area contributed by atoms with Gasteiger partial charge in [-0.05, 0) is 38.5 Å². The topological polar surface area (TPSA) is 77.8 Å². The van der Waals surface area contributed by atoms with Gasteiger partial charge in [-0.25, -0.2) is 0 Å². The van der Waals surface area contributed by atoms with Crippen LogP contribution in [0.2, 0.25) is 0 Å². The number of hydrogen-bond donors (Lipinski definition) is 3. The summed E-state index contributed by atoms with van der Waals surface area (Å²) in [4.78, 5) is 10.4. The van der Waals surface area contributed by atoms with Gasteiger partial charge in [-0.1, -0.05) is 74.1 Å². The number of allylic oxidation sites excluding steroid dienone is 7. The molecule has 0 amide bonds. The summed E-state index contributed by atoms with van der Waals surface area (Å²) in [5, 5.41) is 27.7. The Morgan fingerprint density at radius 1 is 0.846 bits per heavy atom. The summed E-state index contributed by atoms with van der Waals surface area (Å²) >= 11 is 0. The van der Waals surface area contributed by atoms with E-state index >= 15 is 0 Å². The molecule has 0 aliphatic rings. The zero-order valence-corrected chi connectivity index (χ0v) is 15.8. The predicted octanol–water partition coefficient (Wildman–Crippen LogP) is 4.71. The molecule has 3 N–H and O–H groups in total. The largest absolute Gasteiger partial charge is 0.481 e. The number of unbranched alkanes of at least 4 members (excludes halogenated alkanes) is 3. The van der Waals surface area contributed by atoms with E-state index in [1.165, 1.54) is 0 Å². The summed E-state index contributed by atoms with van der Waals surface area (Å²) < 4.78 is 0. The minimum Gasteiger partial charge on any atom is -0.481 e. The lowest BCUT2D eigenvalue weighted by atomic mass is 10.1. The van der Waals surface area contributed by atoms with E-state index in [9.17, 15) is 15.0 Å². The van der Waals surface area contributed by atoms with Gasteiger partial charge in [0.05, 0.1) is 12.2 Å². The molecule has 0 aromatic carbocycles. The van der Waals surface area contributed by atoms with E-state index in [-0.39, 0.29) is 6.42 Å². The highest BCUT2D eigenvalue weighted by Crippen LogP contribution is 2.04. The summed E-state index contributed by atoms with van der Waals surface area (Å²) in [5.74, 6) is -0.720. The number of rotatable bonds is 15. The second kappa shape index (κ2) is 17.9. The predicted molar refractivity (Wildman–Crippen MR) is 108 cm³/mol. The van der Waals surface area contributed by atoms with Crippen LogP contribution >= 0.6 is 0 Å². The van der Waals surface area contributed by atoms with Crippen LogP contribution in [0.1, 0.15) is 58.3 Å². The maximum absolute atomic E-state index is 10.4. The molecule has 0 radical (unpaired) electrons. The normalized spacial score (nSPS) is 15.2. The molecule has 0 bridgehead atoms. The molecule has 0 rings (SSSR count). The first-order valence-electron chi connectivity index (χ1n) is 9.45. The lowest BCUT2D eigenvalue weighted by Gasteiger charge is -1.99. The van der Waals surface area contributed by atoms with E-state index in [2.05, 4.69) is 12.2 Å². The summed E-state index contributed by atoms with van der Waals surface area (Å²) in [7, 11) is 0. The Hall–Kier alpha value is -1.91. The van der Waals surface area contributed by atoms with E-state index in [0.717, 1.165) is 32.1 Å². The number of aliphatic hydroxyl groups excluding tert-OH is 2. The lowest BCUT2D eigenvalue weighted by molar-refractivity contribution is -0.137. The average molecular weight is 363 g/mol. The number of aliphatic hydroxyl groups is 2. The van der Waals surface area contributed by atoms with Crippen molar-refractivity contribution in [2.75, 3.05) is 0 Å². The fourth-order valence-corrected chi connectivity index (χ4v) is 2.07. The number of hydrogen-bond acceptors (Lipinski definition) is 3. The molecule has 0 saturated carbocycles. The molecule has 26 heavy (non-hydrogen) atoms. The molecule has 0 heterocycles. The second-order valence-electron chi connectivity index (χ2n) is 6.10. The molecule has 0 aromatic rings. The maximum atomic E-state index is 10.4. The Morgan fingerprint density at radius 3 is 2.15 bits per heavy atom. The smallest absolute Gasteiger partial charge is 0.303 e. The quantitative estimate of drug-likeness (QED) is 0.224. The van der Waals surface area contributed by atoms with Gasteiger partial charge in [-0.15, -0.1) is 0 Å². The van der Waals surface area contributed by atoms with Crippen molar-refractivity contribution in [3.63, 3.8) is 0 Å². The van der Waals surface area contributed by atoms with E-state index in [1.807, 2.05) is 31.2 Å². The Bertz CT molecular complexity index is 486. The van der Waals surface area contributed by atoms with Crippen molar-refractivity contribution < 1.29 is 20.1 Å². The van der Waals surface area contributed by atoms with Gasteiger partial charge in [0.15, 0.2) is 0 Å². The van der Waals surface area contributed by atoms with Crippen LogP contribution in [0.15, 0.2) is 60.8 Å². The molecule has 2 unspecified atom stereocenters. The number of aliphatic carboxylic acids is 1. The van der Waals surface area contributed by atoms with E-state index in [1.54, 1.807) is 24.3 Å². The summed E-state index contributed by atoms with van der Waals surface area (Å²) in [6.45, 7) is 1.92. The van der Waals surface area contributed by atoms with Crippen LogP contribution in [0.25, 0.3) is 0 Å². The van der Waals surface area contributed by atoms with Crippen molar-refractivity contribution in [1.82, 2.24) is 0 Å². The van der Waals surface area contributed by atoms with E-state index < -0.39 is 18.2 Å². The molecule has 0 aromatic heterocycles. The van der Waals surface area contributed by atoms with Gasteiger partial charge in [0.2, 0.25) is 0 Å². The van der Waals surface area contributed by atoms with Crippen molar-refractivity contribution in [2.45, 2.75) is 70.5 Å². The van der Waals surface area contributed by atoms with Crippen LogP contribution in [0.5, 0.6) is 0 Å². The first kappa shape index (κ1) is 24.1. The summed E-state index contributed by atoms with van der Waals surface area (Å²) in [6.07, 6.45) is 24.1. The van der Waals surface area contributed by atoms with Gasteiger partial charge in [0.25, 0.3) is 0 Å². The summed E-state index contributed by atoms with van der Waals surface area (Å²) in [6, 6.07) is 0. The van der Waals surface area contributed by atoms with Gasteiger partial charge in [0.1, 0.15) is 0 Å². The highest BCUT2D eigenvalue weighted by Gasteiger charge is 1.95. The van der Waals surface area contributed by atoms with Crippen LogP contribution in [0.3, 0.4) is 0 Å². The third kappa shape index (κ3) is 18.4. The maximum Gasteiger partial charge on any atom is 0.303 e. The minimum atomic E-state index is -0.720. The number of carbonyl (C=O) groups is 1. The molecular formula is C22H34O4. The Balaban J connectivity index is 3.69. The molecule has 4 nitrogen and oxygen atoms in total. The fraction of sp³-hybridized carbons (Fsp3) is 0.500. The third-order valence-electron chi connectivity index (χ3n) is 3.66. The van der Waals surface area contributed by atoms with Gasteiger partial charge in [-0.2, -0.15) is 0 Å². The zero-order valence-electron chi connectivity index (χ0n) is 15.8. The fourth-order valence-electron chi connectivity index (χ4n) is 2.07. The Kier molecular flexibility index (Phi) is 16.6. The van der Waals surface area contributed by atoms with Gasteiger partial charge >= 0.3 is 5.97 Å². The first-order valence-corrected chi connectivity index (χ1v) is 9.45. The van der Waals surface area contributed by atoms with Crippen molar-refractivity contribution in [3.8, 4) is 0 Å². The van der Waals surface area contributed by atoms with Crippen molar-refractivity contribution in [3.05, 3.63) is 60.8 Å². The zero-order chi connectivity index (χ0) is 19.5. The minimum absolute atomic E-state index is 0.262. The Labute approximate surface area is 157 Å². The molecule has 0 spiro atoms. The average Bonchev–Trinajstić information content (AvgIpc) is 2.61. The Morgan fingerprint density at radius 2 is 1.50 bits per heavy atom. The van der Waals surface area contributed by atoms with Gasteiger partial charge in [0, 0.05) is 6.42 Å². The van der Waals surface area contributed by atoms with Crippen LogP contribution < -0.4 is 0 Å². The van der Waals surface area contributed by atoms with Crippen LogP contribution in [-0.4, -0.2) is 33.5 Å². The molecule has 0 fully saturated rings. The van der Waals surface area contributed by atoms with Crippen LogP contribution in [-0.2, 0) is 4.79 Å². The first-order chi connectivity index (χ1) is 12.6. The lowest BCUT2D eigenvalue weighted by Crippen LogP contribution is -1.98. The highest BCUT2D eigenvalue weighted by atomic mass is 16.4. The standard InChI is InChI=1S/C22H34O4/c1-2-20(23)16-12-10-11-14-18-21(24)17-13-8-6-4-3-5-7-9-15-19-22(25)26/h3-4,8,10-14,16,18,20-21,23-24H,2,5-7,9,15,17,19H2,1H3,(H,25,26)/b4-3-,11-10-,13-8-,16-12-,18-14+.